The zero-order valence-corrected chi connectivity index (χ0v) is 17.2. The fourth-order valence-corrected chi connectivity index (χ4v) is 5.12. The van der Waals surface area contributed by atoms with Gasteiger partial charge in [-0.25, -0.2) is 0 Å². The summed E-state index contributed by atoms with van der Waals surface area (Å²) in [5, 5.41) is 0. The average Bonchev–Trinajstić information content (AvgIpc) is 2.85. The maximum absolute atomic E-state index is 13.1. The molecule has 0 atom stereocenters. The smallest absolute Gasteiger partial charge is 0.194 e. The van der Waals surface area contributed by atoms with E-state index in [1.165, 1.54) is 0 Å². The van der Waals surface area contributed by atoms with E-state index >= 15 is 0 Å². The van der Waals surface area contributed by atoms with Gasteiger partial charge in [-0.05, 0) is 61.1 Å². The maximum atomic E-state index is 13.1. The molecule has 4 heteroatoms. The minimum Gasteiger partial charge on any atom is -0.289 e. The maximum Gasteiger partial charge on any atom is 0.194 e. The number of carbonyl (C=O) groups excluding carboxylic acids is 4. The minimum absolute atomic E-state index is 0.0383. The highest BCUT2D eigenvalue weighted by Gasteiger charge is 2.34. The van der Waals surface area contributed by atoms with Crippen LogP contribution in [-0.4, -0.2) is 23.1 Å². The van der Waals surface area contributed by atoms with Crippen LogP contribution in [0, 0.1) is 0 Å². The zero-order valence-electron chi connectivity index (χ0n) is 17.2. The molecule has 32 heavy (non-hydrogen) atoms. The molecule has 0 aliphatic heterocycles. The second kappa shape index (κ2) is 6.79. The van der Waals surface area contributed by atoms with Crippen LogP contribution in [0.1, 0.15) is 78.2 Å². The van der Waals surface area contributed by atoms with Gasteiger partial charge < -0.3 is 0 Å². The molecule has 0 heterocycles. The molecule has 0 amide bonds. The van der Waals surface area contributed by atoms with E-state index in [-0.39, 0.29) is 23.1 Å². The first-order valence-electron chi connectivity index (χ1n) is 10.8. The third-order valence-corrected chi connectivity index (χ3v) is 6.78. The Morgan fingerprint density at radius 3 is 1.41 bits per heavy atom. The predicted molar refractivity (Wildman–Crippen MR) is 119 cm³/mol. The van der Waals surface area contributed by atoms with Gasteiger partial charge in [0.2, 0.25) is 0 Å². The summed E-state index contributed by atoms with van der Waals surface area (Å²) < 4.78 is 0. The summed E-state index contributed by atoms with van der Waals surface area (Å²) in [6.07, 6.45) is 3.19. The molecule has 0 fully saturated rings. The van der Waals surface area contributed by atoms with E-state index in [1.54, 1.807) is 54.6 Å². The molecule has 3 aromatic carbocycles. The van der Waals surface area contributed by atoms with Crippen LogP contribution in [0.5, 0.6) is 0 Å². The van der Waals surface area contributed by atoms with Crippen LogP contribution in [-0.2, 0) is 0 Å². The van der Waals surface area contributed by atoms with Crippen LogP contribution in [0.4, 0.5) is 0 Å². The van der Waals surface area contributed by atoms with Gasteiger partial charge in [0.25, 0.3) is 0 Å². The Kier molecular flexibility index (Phi) is 3.99. The van der Waals surface area contributed by atoms with Gasteiger partial charge in [0.05, 0.1) is 0 Å². The lowest BCUT2D eigenvalue weighted by Gasteiger charge is -2.25. The van der Waals surface area contributed by atoms with Crippen molar-refractivity contribution in [3.05, 3.63) is 105 Å². The summed E-state index contributed by atoms with van der Waals surface area (Å²) in [6.45, 7) is 0. The van der Waals surface area contributed by atoms with Crippen molar-refractivity contribution in [2.75, 3.05) is 0 Å². The van der Waals surface area contributed by atoms with Crippen LogP contribution in [0.15, 0.2) is 71.8 Å². The molecular formula is C28H18O4. The zero-order chi connectivity index (χ0) is 22.0. The van der Waals surface area contributed by atoms with Gasteiger partial charge in [-0.2, -0.15) is 0 Å². The van der Waals surface area contributed by atoms with Crippen molar-refractivity contribution in [1.29, 1.82) is 0 Å². The van der Waals surface area contributed by atoms with Gasteiger partial charge in [0, 0.05) is 44.5 Å². The predicted octanol–water partition coefficient (Wildman–Crippen LogP) is 5.38. The number of benzene rings is 3. The molecule has 0 N–H and O–H groups in total. The topological polar surface area (TPSA) is 68.3 Å². The number of fused-ring (bicyclic) bond motifs is 3. The number of hydrogen-bond acceptors (Lipinski definition) is 4. The summed E-state index contributed by atoms with van der Waals surface area (Å²) in [7, 11) is 0. The molecule has 0 saturated carbocycles. The second-order valence-electron chi connectivity index (χ2n) is 8.55. The molecule has 0 spiro atoms. The first-order valence-corrected chi connectivity index (χ1v) is 10.8. The first kappa shape index (κ1) is 18.8. The minimum atomic E-state index is -0.182. The summed E-state index contributed by atoms with van der Waals surface area (Å²) >= 11 is 0. The molecule has 0 radical (unpaired) electrons. The average molecular weight is 418 g/mol. The molecule has 3 aliphatic carbocycles. The molecule has 4 nitrogen and oxygen atoms in total. The largest absolute Gasteiger partial charge is 0.289 e. The van der Waals surface area contributed by atoms with Crippen LogP contribution in [0.25, 0.3) is 11.1 Å². The third kappa shape index (κ3) is 2.56. The summed E-state index contributed by atoms with van der Waals surface area (Å²) in [5.74, 6) is -0.444. The van der Waals surface area contributed by atoms with Crippen molar-refractivity contribution in [3.63, 3.8) is 0 Å². The highest BCUT2D eigenvalue weighted by atomic mass is 16.1. The third-order valence-electron chi connectivity index (χ3n) is 6.78. The first-order chi connectivity index (χ1) is 15.5. The van der Waals surface area contributed by atoms with E-state index in [9.17, 15) is 19.2 Å². The number of rotatable bonds is 1. The lowest BCUT2D eigenvalue weighted by molar-refractivity contribution is 0.0964. The highest BCUT2D eigenvalue weighted by Crippen LogP contribution is 2.37. The van der Waals surface area contributed by atoms with Crippen molar-refractivity contribution >= 4 is 23.1 Å². The van der Waals surface area contributed by atoms with E-state index < -0.39 is 0 Å². The van der Waals surface area contributed by atoms with Gasteiger partial charge in [-0.1, -0.05) is 36.4 Å². The lowest BCUT2D eigenvalue weighted by atomic mass is 9.76. The van der Waals surface area contributed by atoms with Gasteiger partial charge in [-0.15, -0.1) is 0 Å². The number of allylic oxidation sites excluding steroid dienone is 2. The van der Waals surface area contributed by atoms with Crippen molar-refractivity contribution in [2.24, 2.45) is 0 Å². The Balaban J connectivity index is 1.45. The van der Waals surface area contributed by atoms with Gasteiger partial charge >= 0.3 is 0 Å². The standard InChI is InChI=1S/C28H18O4/c29-25-17-5-1-3-7-19(17)27(31)23-13-15(9-11-21(23)25)16-10-12-22-24(14-16)28(32)20-8-4-2-6-18(20)26(22)30/h1,3,5,7,9-14H,2,4,6,8H2. The molecule has 0 bridgehead atoms. The summed E-state index contributed by atoms with van der Waals surface area (Å²) in [5.41, 5.74) is 5.28. The molecule has 6 rings (SSSR count). The molecule has 3 aliphatic rings. The Labute approximate surface area is 184 Å². The van der Waals surface area contributed by atoms with E-state index in [0.717, 1.165) is 24.0 Å². The van der Waals surface area contributed by atoms with E-state index in [4.69, 9.17) is 0 Å². The van der Waals surface area contributed by atoms with Gasteiger partial charge in [0.1, 0.15) is 0 Å². The van der Waals surface area contributed by atoms with Crippen molar-refractivity contribution in [1.82, 2.24) is 0 Å². The fraction of sp³-hybridized carbons (Fsp3) is 0.143. The van der Waals surface area contributed by atoms with Crippen LogP contribution < -0.4 is 0 Å². The quantitative estimate of drug-likeness (QED) is 0.416. The Hall–Kier alpha value is -3.92. The van der Waals surface area contributed by atoms with Crippen molar-refractivity contribution in [2.45, 2.75) is 25.7 Å². The van der Waals surface area contributed by atoms with E-state index in [1.807, 2.05) is 6.07 Å². The fourth-order valence-electron chi connectivity index (χ4n) is 5.12. The Morgan fingerprint density at radius 1 is 0.438 bits per heavy atom. The molecule has 0 unspecified atom stereocenters. The monoisotopic (exact) mass is 418 g/mol. The Bertz CT molecular complexity index is 1440. The Morgan fingerprint density at radius 2 is 0.844 bits per heavy atom. The molecule has 0 saturated heterocycles. The van der Waals surface area contributed by atoms with Gasteiger partial charge in [-0.3, -0.25) is 19.2 Å². The van der Waals surface area contributed by atoms with Gasteiger partial charge in [0.15, 0.2) is 23.1 Å². The SMILES string of the molecule is O=C1C2=C(CCCC2)C(=O)c2cc(-c3ccc4c(c3)C(=O)c3ccccc3C4=O)ccc21. The van der Waals surface area contributed by atoms with Crippen molar-refractivity contribution < 1.29 is 19.2 Å². The molecule has 154 valence electrons. The number of ketones is 4. The highest BCUT2D eigenvalue weighted by molar-refractivity contribution is 6.29. The van der Waals surface area contributed by atoms with Crippen LogP contribution in [0.3, 0.4) is 0 Å². The van der Waals surface area contributed by atoms with Crippen molar-refractivity contribution in [3.8, 4) is 11.1 Å². The van der Waals surface area contributed by atoms with E-state index in [0.29, 0.717) is 57.4 Å². The van der Waals surface area contributed by atoms with Crippen LogP contribution >= 0.6 is 0 Å². The molecular weight excluding hydrogens is 400 g/mol. The lowest BCUT2D eigenvalue weighted by Crippen LogP contribution is -2.24. The van der Waals surface area contributed by atoms with Crippen LogP contribution in [0.2, 0.25) is 0 Å². The summed E-state index contributed by atoms with van der Waals surface area (Å²) in [4.78, 5) is 52.0. The summed E-state index contributed by atoms with van der Waals surface area (Å²) in [6, 6.07) is 17.3. The van der Waals surface area contributed by atoms with E-state index in [2.05, 4.69) is 0 Å². The number of hydrogen-bond donors (Lipinski definition) is 0. The normalized spacial score (nSPS) is 17.0. The number of Topliss-reactive ketones (excluding diaryl/α,β-unsaturated/α-hetero) is 2. The molecule has 3 aromatic rings. The molecule has 0 aromatic heterocycles. The number of carbonyl (C=O) groups is 4. The second-order valence-corrected chi connectivity index (χ2v) is 8.55.